The number of hydrogen-bond donors (Lipinski definition) is 2. The first-order valence-corrected chi connectivity index (χ1v) is 7.22. The van der Waals surface area contributed by atoms with Gasteiger partial charge in [0.05, 0.1) is 0 Å². The number of anilines is 1. The molecule has 0 aliphatic carbocycles. The van der Waals surface area contributed by atoms with E-state index < -0.39 is 0 Å². The molecule has 0 aliphatic rings. The van der Waals surface area contributed by atoms with E-state index in [-0.39, 0.29) is 18.2 Å². The van der Waals surface area contributed by atoms with Gasteiger partial charge in [0.25, 0.3) is 0 Å². The van der Waals surface area contributed by atoms with Crippen LogP contribution in [0.15, 0.2) is 48.8 Å². The Morgan fingerprint density at radius 1 is 1.05 bits per heavy atom. The molecule has 0 atom stereocenters. The first-order chi connectivity index (χ1) is 10.7. The number of amides is 2. The van der Waals surface area contributed by atoms with Gasteiger partial charge < -0.3 is 10.6 Å². The Morgan fingerprint density at radius 3 is 2.50 bits per heavy atom. The fraction of sp³-hybridized carbons (Fsp3) is 0.235. The lowest BCUT2D eigenvalue weighted by Gasteiger charge is -2.10. The number of para-hydroxylation sites is 1. The number of benzene rings is 1. The molecule has 0 saturated carbocycles. The van der Waals surface area contributed by atoms with E-state index in [2.05, 4.69) is 15.6 Å². The number of aromatic nitrogens is 1. The summed E-state index contributed by atoms with van der Waals surface area (Å²) in [4.78, 5) is 27.6. The molecule has 2 aromatic rings. The Balaban J connectivity index is 1.82. The van der Waals surface area contributed by atoms with Crippen LogP contribution in [-0.2, 0) is 22.6 Å². The number of nitrogens with zero attached hydrogens (tertiary/aromatic N) is 1. The van der Waals surface area contributed by atoms with E-state index >= 15 is 0 Å². The Labute approximate surface area is 129 Å². The van der Waals surface area contributed by atoms with Gasteiger partial charge in [-0.1, -0.05) is 25.1 Å². The van der Waals surface area contributed by atoms with Crippen molar-refractivity contribution in [2.45, 2.75) is 26.3 Å². The van der Waals surface area contributed by atoms with Gasteiger partial charge in [0.15, 0.2) is 0 Å². The number of rotatable bonds is 6. The summed E-state index contributed by atoms with van der Waals surface area (Å²) in [5, 5.41) is 5.50. The van der Waals surface area contributed by atoms with Gasteiger partial charge in [-0.2, -0.15) is 0 Å². The smallest absolute Gasteiger partial charge is 0.233 e. The quantitative estimate of drug-likeness (QED) is 0.804. The summed E-state index contributed by atoms with van der Waals surface area (Å²) in [6.07, 6.45) is 3.96. The second-order valence-electron chi connectivity index (χ2n) is 4.87. The van der Waals surface area contributed by atoms with Crippen LogP contribution in [0.3, 0.4) is 0 Å². The molecule has 5 heteroatoms. The SMILES string of the molecule is CCc1ccccc1NC(=O)CC(=O)NCc1ccncc1. The van der Waals surface area contributed by atoms with Crippen LogP contribution in [0.4, 0.5) is 5.69 Å². The molecule has 1 heterocycles. The van der Waals surface area contributed by atoms with E-state index in [0.717, 1.165) is 23.2 Å². The molecule has 0 spiro atoms. The molecule has 0 bridgehead atoms. The van der Waals surface area contributed by atoms with Crippen LogP contribution in [0, 0.1) is 0 Å². The van der Waals surface area contributed by atoms with Crippen LogP contribution in [0.2, 0.25) is 0 Å². The molecule has 0 fully saturated rings. The molecule has 0 unspecified atom stereocenters. The van der Waals surface area contributed by atoms with Gasteiger partial charge in [0.2, 0.25) is 11.8 Å². The zero-order valence-electron chi connectivity index (χ0n) is 12.5. The third-order valence-corrected chi connectivity index (χ3v) is 3.23. The van der Waals surface area contributed by atoms with Crippen molar-refractivity contribution in [3.63, 3.8) is 0 Å². The maximum absolute atomic E-state index is 11.9. The zero-order valence-corrected chi connectivity index (χ0v) is 12.5. The van der Waals surface area contributed by atoms with E-state index in [1.807, 2.05) is 43.3 Å². The maximum Gasteiger partial charge on any atom is 0.233 e. The Bertz CT molecular complexity index is 641. The van der Waals surface area contributed by atoms with Gasteiger partial charge in [0, 0.05) is 24.6 Å². The predicted octanol–water partition coefficient (Wildman–Crippen LogP) is 2.29. The zero-order chi connectivity index (χ0) is 15.8. The molecule has 0 aliphatic heterocycles. The monoisotopic (exact) mass is 297 g/mol. The van der Waals surface area contributed by atoms with E-state index in [1.165, 1.54) is 0 Å². The van der Waals surface area contributed by atoms with Crippen molar-refractivity contribution >= 4 is 17.5 Å². The highest BCUT2D eigenvalue weighted by Crippen LogP contribution is 2.15. The summed E-state index contributed by atoms with van der Waals surface area (Å²) in [5.41, 5.74) is 2.75. The van der Waals surface area contributed by atoms with Crippen LogP contribution in [0.25, 0.3) is 0 Å². The van der Waals surface area contributed by atoms with E-state index in [0.29, 0.717) is 6.54 Å². The standard InChI is InChI=1S/C17H19N3O2/c1-2-14-5-3-4-6-15(14)20-17(22)11-16(21)19-12-13-7-9-18-10-8-13/h3-10H,2,11-12H2,1H3,(H,19,21)(H,20,22). The minimum absolute atomic E-state index is 0.191. The summed E-state index contributed by atoms with van der Waals surface area (Å²) in [6, 6.07) is 11.2. The van der Waals surface area contributed by atoms with Crippen molar-refractivity contribution in [1.29, 1.82) is 0 Å². The summed E-state index contributed by atoms with van der Waals surface area (Å²) in [6.45, 7) is 2.41. The fourth-order valence-corrected chi connectivity index (χ4v) is 2.05. The van der Waals surface area contributed by atoms with Crippen molar-refractivity contribution < 1.29 is 9.59 Å². The van der Waals surface area contributed by atoms with Gasteiger partial charge >= 0.3 is 0 Å². The van der Waals surface area contributed by atoms with Gasteiger partial charge in [-0.15, -0.1) is 0 Å². The maximum atomic E-state index is 11.9. The average molecular weight is 297 g/mol. The molecule has 22 heavy (non-hydrogen) atoms. The highest BCUT2D eigenvalue weighted by atomic mass is 16.2. The largest absolute Gasteiger partial charge is 0.352 e. The lowest BCUT2D eigenvalue weighted by Crippen LogP contribution is -2.27. The van der Waals surface area contributed by atoms with Crippen molar-refractivity contribution in [3.05, 3.63) is 59.9 Å². The minimum Gasteiger partial charge on any atom is -0.352 e. The van der Waals surface area contributed by atoms with Gasteiger partial charge in [-0.05, 0) is 35.7 Å². The van der Waals surface area contributed by atoms with Crippen LogP contribution in [0.5, 0.6) is 0 Å². The number of hydrogen-bond acceptors (Lipinski definition) is 3. The predicted molar refractivity (Wildman–Crippen MR) is 85.2 cm³/mol. The van der Waals surface area contributed by atoms with Crippen LogP contribution < -0.4 is 10.6 Å². The first-order valence-electron chi connectivity index (χ1n) is 7.22. The molecule has 5 nitrogen and oxygen atoms in total. The van der Waals surface area contributed by atoms with Crippen molar-refractivity contribution in [3.8, 4) is 0 Å². The normalized spacial score (nSPS) is 10.0. The molecule has 1 aromatic heterocycles. The number of nitrogens with one attached hydrogen (secondary N) is 2. The van der Waals surface area contributed by atoms with Gasteiger partial charge in [0.1, 0.15) is 6.42 Å². The molecule has 2 rings (SSSR count). The Hall–Kier alpha value is -2.69. The third-order valence-electron chi connectivity index (χ3n) is 3.23. The van der Waals surface area contributed by atoms with Crippen molar-refractivity contribution in [1.82, 2.24) is 10.3 Å². The lowest BCUT2D eigenvalue weighted by molar-refractivity contribution is -0.126. The average Bonchev–Trinajstić information content (AvgIpc) is 2.54. The number of carbonyl (C=O) groups excluding carboxylic acids is 2. The summed E-state index contributed by atoms with van der Waals surface area (Å²) < 4.78 is 0. The lowest BCUT2D eigenvalue weighted by atomic mass is 10.1. The fourth-order valence-electron chi connectivity index (χ4n) is 2.05. The minimum atomic E-state index is -0.312. The summed E-state index contributed by atoms with van der Waals surface area (Å²) in [5.74, 6) is -0.614. The topological polar surface area (TPSA) is 71.1 Å². The number of pyridine rings is 1. The van der Waals surface area contributed by atoms with Crippen LogP contribution >= 0.6 is 0 Å². The van der Waals surface area contributed by atoms with Crippen LogP contribution in [0.1, 0.15) is 24.5 Å². The summed E-state index contributed by atoms with van der Waals surface area (Å²) in [7, 11) is 0. The van der Waals surface area contributed by atoms with Crippen molar-refractivity contribution in [2.24, 2.45) is 0 Å². The van der Waals surface area contributed by atoms with Gasteiger partial charge in [-0.3, -0.25) is 14.6 Å². The molecule has 2 amide bonds. The number of carbonyl (C=O) groups is 2. The number of aryl methyl sites for hydroxylation is 1. The molecule has 114 valence electrons. The first kappa shape index (κ1) is 15.7. The highest BCUT2D eigenvalue weighted by Gasteiger charge is 2.10. The molecule has 2 N–H and O–H groups in total. The molecule has 1 aromatic carbocycles. The second-order valence-corrected chi connectivity index (χ2v) is 4.87. The van der Waals surface area contributed by atoms with Gasteiger partial charge in [-0.25, -0.2) is 0 Å². The third kappa shape index (κ3) is 4.70. The highest BCUT2D eigenvalue weighted by molar-refractivity contribution is 6.03. The Kier molecular flexibility index (Phi) is 5.65. The van der Waals surface area contributed by atoms with Crippen LogP contribution in [-0.4, -0.2) is 16.8 Å². The van der Waals surface area contributed by atoms with E-state index in [9.17, 15) is 9.59 Å². The molecule has 0 radical (unpaired) electrons. The molecular formula is C17H19N3O2. The molecule has 0 saturated heterocycles. The second kappa shape index (κ2) is 7.93. The van der Waals surface area contributed by atoms with Crippen molar-refractivity contribution in [2.75, 3.05) is 5.32 Å². The summed E-state index contributed by atoms with van der Waals surface area (Å²) >= 11 is 0. The Morgan fingerprint density at radius 2 is 1.77 bits per heavy atom. The van der Waals surface area contributed by atoms with E-state index in [1.54, 1.807) is 12.4 Å². The molecular weight excluding hydrogens is 278 g/mol. The van der Waals surface area contributed by atoms with E-state index in [4.69, 9.17) is 0 Å².